The first-order chi connectivity index (χ1) is 13.7. The highest BCUT2D eigenvalue weighted by Gasteiger charge is 2.16. The van der Waals surface area contributed by atoms with Crippen molar-refractivity contribution >= 4 is 35.4 Å². The molecule has 2 rings (SSSR count). The predicted molar refractivity (Wildman–Crippen MR) is 101 cm³/mol. The monoisotopic (exact) mass is 423 g/mol. The Morgan fingerprint density at radius 2 is 2.07 bits per heavy atom. The van der Waals surface area contributed by atoms with Crippen LogP contribution in [0.1, 0.15) is 15.9 Å². The number of halogens is 1. The number of non-ortho nitro benzene ring substituents is 1. The molecule has 0 heterocycles. The van der Waals surface area contributed by atoms with Crippen molar-refractivity contribution in [3.63, 3.8) is 0 Å². The summed E-state index contributed by atoms with van der Waals surface area (Å²) in [5, 5.41) is 32.9. The smallest absolute Gasteiger partial charge is 0.341 e. The molecule has 152 valence electrons. The van der Waals surface area contributed by atoms with Crippen LogP contribution in [-0.4, -0.2) is 46.9 Å². The second-order valence-corrected chi connectivity index (χ2v) is 5.78. The van der Waals surface area contributed by atoms with Crippen molar-refractivity contribution in [1.82, 2.24) is 5.43 Å². The summed E-state index contributed by atoms with van der Waals surface area (Å²) in [5.41, 5.74) is 1.80. The molecule has 0 aliphatic carbocycles. The number of hydrazone groups is 1. The average molecular weight is 424 g/mol. The van der Waals surface area contributed by atoms with Gasteiger partial charge < -0.3 is 19.7 Å². The molecule has 0 unspecified atom stereocenters. The molecular formula is C17H14ClN3O8. The Morgan fingerprint density at radius 3 is 2.69 bits per heavy atom. The zero-order chi connectivity index (χ0) is 21.6. The molecule has 0 saturated carbocycles. The second-order valence-electron chi connectivity index (χ2n) is 5.37. The van der Waals surface area contributed by atoms with Gasteiger partial charge in [0, 0.05) is 12.1 Å². The van der Waals surface area contributed by atoms with E-state index in [1.54, 1.807) is 0 Å². The van der Waals surface area contributed by atoms with Gasteiger partial charge in [0.25, 0.3) is 11.6 Å². The van der Waals surface area contributed by atoms with E-state index in [1.807, 2.05) is 0 Å². The van der Waals surface area contributed by atoms with Crippen LogP contribution in [0.25, 0.3) is 0 Å². The van der Waals surface area contributed by atoms with E-state index < -0.39 is 29.2 Å². The third-order valence-corrected chi connectivity index (χ3v) is 3.69. The van der Waals surface area contributed by atoms with Crippen molar-refractivity contribution < 1.29 is 34.2 Å². The normalized spacial score (nSPS) is 10.6. The molecule has 0 aliphatic rings. The van der Waals surface area contributed by atoms with Crippen molar-refractivity contribution in [2.75, 3.05) is 13.7 Å². The van der Waals surface area contributed by atoms with E-state index in [0.29, 0.717) is 5.56 Å². The molecule has 29 heavy (non-hydrogen) atoms. The van der Waals surface area contributed by atoms with E-state index >= 15 is 0 Å². The SMILES string of the molecule is COc1cc(/C=N\NC(=O)c2cc([N+](=O)[O-])ccc2O)cc(Cl)c1OCC(=O)O. The molecular weight excluding hydrogens is 410 g/mol. The van der Waals surface area contributed by atoms with Gasteiger partial charge in [-0.15, -0.1) is 0 Å². The third-order valence-electron chi connectivity index (χ3n) is 3.41. The van der Waals surface area contributed by atoms with E-state index in [2.05, 4.69) is 10.5 Å². The average Bonchev–Trinajstić information content (AvgIpc) is 2.66. The molecule has 0 atom stereocenters. The Bertz CT molecular complexity index is 993. The van der Waals surface area contributed by atoms with Crippen molar-refractivity contribution in [1.29, 1.82) is 0 Å². The van der Waals surface area contributed by atoms with Gasteiger partial charge >= 0.3 is 5.97 Å². The van der Waals surface area contributed by atoms with E-state index in [4.69, 9.17) is 26.2 Å². The number of nitrogens with zero attached hydrogens (tertiary/aromatic N) is 2. The first-order valence-corrected chi connectivity index (χ1v) is 8.13. The third kappa shape index (κ3) is 5.56. The number of carbonyl (C=O) groups is 2. The maximum Gasteiger partial charge on any atom is 0.341 e. The van der Waals surface area contributed by atoms with Gasteiger partial charge in [-0.05, 0) is 23.8 Å². The molecule has 0 spiro atoms. The lowest BCUT2D eigenvalue weighted by molar-refractivity contribution is -0.384. The first kappa shape index (κ1) is 21.4. The largest absolute Gasteiger partial charge is 0.507 e. The first-order valence-electron chi connectivity index (χ1n) is 7.76. The number of ether oxygens (including phenoxy) is 2. The fraction of sp³-hybridized carbons (Fsp3) is 0.118. The minimum absolute atomic E-state index is 0.0271. The number of nitro benzene ring substituents is 1. The second kappa shape index (κ2) is 9.37. The number of carboxylic acids is 1. The van der Waals surface area contributed by atoms with Crippen molar-refractivity contribution in [2.45, 2.75) is 0 Å². The summed E-state index contributed by atoms with van der Waals surface area (Å²) in [5.74, 6) is -2.35. The number of hydrogen-bond acceptors (Lipinski definition) is 8. The van der Waals surface area contributed by atoms with Gasteiger partial charge in [0.1, 0.15) is 5.75 Å². The lowest BCUT2D eigenvalue weighted by Crippen LogP contribution is -2.18. The zero-order valence-electron chi connectivity index (χ0n) is 14.8. The standard InChI is InChI=1S/C17H14ClN3O8/c1-28-14-5-9(4-12(18)16(14)29-8-15(23)24)7-19-20-17(25)11-6-10(21(26)27)2-3-13(11)22/h2-7,22H,8H2,1H3,(H,20,25)(H,23,24)/b19-7-. The summed E-state index contributed by atoms with van der Waals surface area (Å²) in [6.45, 7) is -0.619. The molecule has 0 aliphatic heterocycles. The molecule has 1 amide bonds. The number of amides is 1. The number of carboxylic acid groups (broad SMARTS) is 1. The molecule has 0 bridgehead atoms. The number of rotatable bonds is 8. The fourth-order valence-corrected chi connectivity index (χ4v) is 2.41. The number of benzene rings is 2. The van der Waals surface area contributed by atoms with Gasteiger partial charge in [-0.1, -0.05) is 11.6 Å². The summed E-state index contributed by atoms with van der Waals surface area (Å²) in [7, 11) is 1.33. The maximum atomic E-state index is 12.1. The van der Waals surface area contributed by atoms with Crippen LogP contribution in [0.2, 0.25) is 5.02 Å². The van der Waals surface area contributed by atoms with Gasteiger partial charge in [0.2, 0.25) is 0 Å². The summed E-state index contributed by atoms with van der Waals surface area (Å²) in [6, 6.07) is 5.81. The minimum Gasteiger partial charge on any atom is -0.507 e. The highest BCUT2D eigenvalue weighted by molar-refractivity contribution is 6.32. The Hall–Kier alpha value is -3.86. The van der Waals surface area contributed by atoms with Gasteiger partial charge in [0.05, 0.1) is 28.8 Å². The van der Waals surface area contributed by atoms with Gasteiger partial charge in [-0.2, -0.15) is 5.10 Å². The topological polar surface area (TPSA) is 161 Å². The molecule has 11 nitrogen and oxygen atoms in total. The molecule has 2 aromatic rings. The number of phenolic OH excluding ortho intramolecular Hbond substituents is 1. The Balaban J connectivity index is 2.17. The predicted octanol–water partition coefficient (Wildman–Crippen LogP) is 2.19. The van der Waals surface area contributed by atoms with Crippen LogP contribution >= 0.6 is 11.6 Å². The van der Waals surface area contributed by atoms with Gasteiger partial charge in [-0.3, -0.25) is 14.9 Å². The summed E-state index contributed by atoms with van der Waals surface area (Å²) in [6.07, 6.45) is 1.20. The van der Waals surface area contributed by atoms with Crippen LogP contribution in [0.3, 0.4) is 0 Å². The fourth-order valence-electron chi connectivity index (χ4n) is 2.13. The van der Waals surface area contributed by atoms with Crippen LogP contribution < -0.4 is 14.9 Å². The van der Waals surface area contributed by atoms with Crippen LogP contribution in [0.5, 0.6) is 17.2 Å². The molecule has 0 fully saturated rings. The number of hydrogen-bond donors (Lipinski definition) is 3. The molecule has 0 radical (unpaired) electrons. The number of aromatic hydroxyl groups is 1. The number of carbonyl (C=O) groups excluding carboxylic acids is 1. The maximum absolute atomic E-state index is 12.1. The summed E-state index contributed by atoms with van der Waals surface area (Å²) < 4.78 is 10.2. The van der Waals surface area contributed by atoms with Gasteiger partial charge in [-0.25, -0.2) is 10.2 Å². The lowest BCUT2D eigenvalue weighted by atomic mass is 10.1. The highest BCUT2D eigenvalue weighted by Crippen LogP contribution is 2.36. The van der Waals surface area contributed by atoms with Crippen LogP contribution in [0.15, 0.2) is 35.4 Å². The van der Waals surface area contributed by atoms with Crippen molar-refractivity contribution in [3.8, 4) is 17.2 Å². The zero-order valence-corrected chi connectivity index (χ0v) is 15.5. The van der Waals surface area contributed by atoms with Gasteiger partial charge in [0.15, 0.2) is 18.1 Å². The number of aliphatic carboxylic acids is 1. The van der Waals surface area contributed by atoms with Crippen LogP contribution in [0.4, 0.5) is 5.69 Å². The molecule has 0 saturated heterocycles. The van der Waals surface area contributed by atoms with E-state index in [0.717, 1.165) is 18.2 Å². The Kier molecular flexibility index (Phi) is 6.93. The van der Waals surface area contributed by atoms with Crippen molar-refractivity contribution in [2.24, 2.45) is 5.10 Å². The van der Waals surface area contributed by atoms with Crippen LogP contribution in [0, 0.1) is 10.1 Å². The number of methoxy groups -OCH3 is 1. The van der Waals surface area contributed by atoms with E-state index in [-0.39, 0.29) is 27.8 Å². The number of nitrogens with one attached hydrogen (secondary N) is 1. The molecule has 12 heteroatoms. The molecule has 2 aromatic carbocycles. The molecule has 3 N–H and O–H groups in total. The van der Waals surface area contributed by atoms with E-state index in [1.165, 1.54) is 25.5 Å². The number of phenols is 1. The quantitative estimate of drug-likeness (QED) is 0.330. The summed E-state index contributed by atoms with van der Waals surface area (Å²) >= 11 is 6.06. The Morgan fingerprint density at radius 1 is 1.34 bits per heavy atom. The summed E-state index contributed by atoms with van der Waals surface area (Å²) in [4.78, 5) is 32.8. The molecule has 0 aromatic heterocycles. The number of nitro groups is 1. The van der Waals surface area contributed by atoms with Crippen LogP contribution in [-0.2, 0) is 4.79 Å². The van der Waals surface area contributed by atoms with E-state index in [9.17, 15) is 24.8 Å². The Labute approximate surface area is 168 Å². The van der Waals surface area contributed by atoms with Crippen molar-refractivity contribution in [3.05, 3.63) is 56.6 Å². The highest BCUT2D eigenvalue weighted by atomic mass is 35.5. The minimum atomic E-state index is -1.19. The lowest BCUT2D eigenvalue weighted by Gasteiger charge is -2.11.